The van der Waals surface area contributed by atoms with E-state index < -0.39 is 5.97 Å². The van der Waals surface area contributed by atoms with Gasteiger partial charge < -0.3 is 9.15 Å². The fraction of sp³-hybridized carbons (Fsp3) is 0.222. The largest absolute Gasteiger partial charge is 0.460 e. The minimum atomic E-state index is -0.456. The number of carbonyl (C=O) groups excluding carboxylic acids is 1. The second kappa shape index (κ2) is 7.93. The fourth-order valence-electron chi connectivity index (χ4n) is 2.69. The minimum absolute atomic E-state index is 0.239. The number of rotatable bonds is 7. The third kappa shape index (κ3) is 3.74. The first kappa shape index (κ1) is 17.7. The summed E-state index contributed by atoms with van der Waals surface area (Å²) in [5.74, 6) is 0.279. The van der Waals surface area contributed by atoms with Crippen molar-refractivity contribution in [1.29, 1.82) is 0 Å². The number of carbonyl (C=O) groups is 1. The van der Waals surface area contributed by atoms with Crippen LogP contribution in [-0.4, -0.2) is 32.8 Å². The van der Waals surface area contributed by atoms with E-state index in [4.69, 9.17) is 9.15 Å². The highest BCUT2D eigenvalue weighted by atomic mass is 32.2. The van der Waals surface area contributed by atoms with E-state index in [2.05, 4.69) is 15.5 Å². The van der Waals surface area contributed by atoms with Crippen LogP contribution in [0.15, 0.2) is 51.4 Å². The number of fused-ring (bicyclic) bond motifs is 1. The van der Waals surface area contributed by atoms with Crippen molar-refractivity contribution in [3.8, 4) is 0 Å². The zero-order chi connectivity index (χ0) is 18.6. The maximum Gasteiger partial charge on any atom is 0.374 e. The van der Waals surface area contributed by atoms with E-state index >= 15 is 0 Å². The van der Waals surface area contributed by atoms with Gasteiger partial charge in [0, 0.05) is 21.6 Å². The lowest BCUT2D eigenvalue weighted by molar-refractivity contribution is 0.0491. The Hall–Kier alpha value is -2.65. The molecule has 0 saturated heterocycles. The van der Waals surface area contributed by atoms with Crippen LogP contribution < -0.4 is 0 Å². The van der Waals surface area contributed by atoms with Gasteiger partial charge in [-0.15, -0.1) is 16.4 Å². The normalized spacial score (nSPS) is 11.1. The number of furan rings is 1. The fourth-order valence-corrected chi connectivity index (χ4v) is 4.28. The van der Waals surface area contributed by atoms with Crippen molar-refractivity contribution in [1.82, 2.24) is 20.2 Å². The molecule has 0 bridgehead atoms. The van der Waals surface area contributed by atoms with E-state index in [0.29, 0.717) is 29.6 Å². The van der Waals surface area contributed by atoms with Crippen LogP contribution in [0.1, 0.15) is 27.9 Å². The summed E-state index contributed by atoms with van der Waals surface area (Å²) < 4.78 is 12.6. The smallest absolute Gasteiger partial charge is 0.374 e. The lowest BCUT2D eigenvalue weighted by atomic mass is 10.1. The molecular weight excluding hydrogens is 384 g/mol. The van der Waals surface area contributed by atoms with E-state index in [-0.39, 0.29) is 5.76 Å². The van der Waals surface area contributed by atoms with Gasteiger partial charge in [-0.1, -0.05) is 36.0 Å². The predicted molar refractivity (Wildman–Crippen MR) is 103 cm³/mol. The average molecular weight is 400 g/mol. The number of aromatic nitrogens is 4. The minimum Gasteiger partial charge on any atom is -0.460 e. The van der Waals surface area contributed by atoms with E-state index in [1.165, 1.54) is 16.6 Å². The molecule has 0 N–H and O–H groups in total. The summed E-state index contributed by atoms with van der Waals surface area (Å²) in [7, 11) is 0. The summed E-state index contributed by atoms with van der Waals surface area (Å²) in [5.41, 5.74) is 1.45. The molecular formula is C18H16N4O3S2. The van der Waals surface area contributed by atoms with Crippen molar-refractivity contribution >= 4 is 40.0 Å². The molecule has 4 rings (SSSR count). The number of para-hydroxylation sites is 1. The van der Waals surface area contributed by atoms with Gasteiger partial charge in [-0.3, -0.25) is 0 Å². The number of benzene rings is 1. The highest BCUT2D eigenvalue weighted by Crippen LogP contribution is 2.32. The number of tetrazole rings is 1. The molecule has 0 aliphatic rings. The molecule has 9 heteroatoms. The van der Waals surface area contributed by atoms with Gasteiger partial charge in [0.25, 0.3) is 0 Å². The molecule has 1 aromatic carbocycles. The van der Waals surface area contributed by atoms with Crippen molar-refractivity contribution in [2.45, 2.75) is 24.4 Å². The lowest BCUT2D eigenvalue weighted by Crippen LogP contribution is -2.06. The highest BCUT2D eigenvalue weighted by molar-refractivity contribution is 7.98. The van der Waals surface area contributed by atoms with Crippen LogP contribution in [0.3, 0.4) is 0 Å². The lowest BCUT2D eigenvalue weighted by Gasteiger charge is -2.04. The van der Waals surface area contributed by atoms with Crippen molar-refractivity contribution < 1.29 is 13.9 Å². The quantitative estimate of drug-likeness (QED) is 0.342. The maximum absolute atomic E-state index is 12.3. The Morgan fingerprint density at radius 2 is 2.19 bits per heavy atom. The molecule has 3 aromatic heterocycles. The number of thiophene rings is 1. The molecule has 0 amide bonds. The van der Waals surface area contributed by atoms with Crippen molar-refractivity contribution in [2.24, 2.45) is 0 Å². The standard InChI is InChI=1S/C18H16N4O3S2/c1-2-24-17(23)16-14(13-7-3-4-8-15(13)25-16)11-27-18-19-20-21-22(18)10-12-6-5-9-26-12/h3-9H,2,10-11H2,1H3. The van der Waals surface area contributed by atoms with Crippen LogP contribution >= 0.6 is 23.1 Å². The van der Waals surface area contributed by atoms with Gasteiger partial charge >= 0.3 is 5.97 Å². The van der Waals surface area contributed by atoms with Gasteiger partial charge in [-0.25, -0.2) is 9.48 Å². The Kier molecular flexibility index (Phi) is 5.21. The Labute approximate surface area is 163 Å². The van der Waals surface area contributed by atoms with E-state index in [0.717, 1.165) is 10.9 Å². The van der Waals surface area contributed by atoms with Crippen LogP contribution in [0.5, 0.6) is 0 Å². The van der Waals surface area contributed by atoms with Gasteiger partial charge in [0.05, 0.1) is 13.2 Å². The first-order valence-electron chi connectivity index (χ1n) is 8.35. The first-order chi connectivity index (χ1) is 13.3. The molecule has 7 nitrogen and oxygen atoms in total. The molecule has 3 heterocycles. The maximum atomic E-state index is 12.3. The zero-order valence-electron chi connectivity index (χ0n) is 14.5. The molecule has 27 heavy (non-hydrogen) atoms. The summed E-state index contributed by atoms with van der Waals surface area (Å²) >= 11 is 3.12. The van der Waals surface area contributed by atoms with Crippen LogP contribution in [0.4, 0.5) is 0 Å². The SMILES string of the molecule is CCOC(=O)c1oc2ccccc2c1CSc1nnnn1Cc1cccs1. The summed E-state index contributed by atoms with van der Waals surface area (Å²) in [6.07, 6.45) is 0. The summed E-state index contributed by atoms with van der Waals surface area (Å²) in [4.78, 5) is 13.5. The van der Waals surface area contributed by atoms with Crippen LogP contribution in [0.25, 0.3) is 11.0 Å². The molecule has 0 radical (unpaired) electrons. The number of hydrogen-bond acceptors (Lipinski definition) is 8. The molecule has 0 unspecified atom stereocenters. The number of nitrogens with zero attached hydrogens (tertiary/aromatic N) is 4. The van der Waals surface area contributed by atoms with Gasteiger partial charge in [0.15, 0.2) is 0 Å². The third-order valence-electron chi connectivity index (χ3n) is 3.89. The van der Waals surface area contributed by atoms with Crippen LogP contribution in [0, 0.1) is 0 Å². The second-order valence-corrected chi connectivity index (χ2v) is 7.59. The number of hydrogen-bond donors (Lipinski definition) is 0. The predicted octanol–water partition coefficient (Wildman–Crippen LogP) is 4.00. The van der Waals surface area contributed by atoms with Crippen molar-refractivity contribution in [3.63, 3.8) is 0 Å². The van der Waals surface area contributed by atoms with Crippen molar-refractivity contribution in [3.05, 3.63) is 58.0 Å². The van der Waals surface area contributed by atoms with Gasteiger partial charge in [-0.2, -0.15) is 0 Å². The molecule has 4 aromatic rings. The molecule has 0 aliphatic heterocycles. The van der Waals surface area contributed by atoms with Crippen LogP contribution in [-0.2, 0) is 17.0 Å². The number of esters is 1. The summed E-state index contributed by atoms with van der Waals surface area (Å²) in [6, 6.07) is 11.6. The Bertz CT molecular complexity index is 1060. The summed E-state index contributed by atoms with van der Waals surface area (Å²) in [5, 5.41) is 15.6. The summed E-state index contributed by atoms with van der Waals surface area (Å²) in [6.45, 7) is 2.68. The molecule has 0 atom stereocenters. The Morgan fingerprint density at radius 3 is 3.00 bits per heavy atom. The van der Waals surface area contributed by atoms with Gasteiger partial charge in [-0.05, 0) is 34.9 Å². The number of thioether (sulfide) groups is 1. The topological polar surface area (TPSA) is 83.0 Å². The average Bonchev–Trinajstić information content (AvgIpc) is 3.41. The zero-order valence-corrected chi connectivity index (χ0v) is 16.1. The Balaban J connectivity index is 1.60. The molecule has 0 saturated carbocycles. The van der Waals surface area contributed by atoms with Gasteiger partial charge in [0.1, 0.15) is 5.58 Å². The molecule has 138 valence electrons. The highest BCUT2D eigenvalue weighted by Gasteiger charge is 2.22. The molecule has 0 aliphatic carbocycles. The molecule has 0 spiro atoms. The third-order valence-corrected chi connectivity index (χ3v) is 5.73. The Morgan fingerprint density at radius 1 is 1.30 bits per heavy atom. The van der Waals surface area contributed by atoms with E-state index in [1.54, 1.807) is 22.9 Å². The van der Waals surface area contributed by atoms with E-state index in [1.807, 2.05) is 41.8 Å². The van der Waals surface area contributed by atoms with E-state index in [9.17, 15) is 4.79 Å². The van der Waals surface area contributed by atoms with Crippen LogP contribution in [0.2, 0.25) is 0 Å². The van der Waals surface area contributed by atoms with Crippen molar-refractivity contribution in [2.75, 3.05) is 6.61 Å². The molecule has 0 fully saturated rings. The second-order valence-electron chi connectivity index (χ2n) is 5.61. The van der Waals surface area contributed by atoms with Gasteiger partial charge in [0.2, 0.25) is 10.9 Å². The number of ether oxygens (including phenoxy) is 1. The monoisotopic (exact) mass is 400 g/mol. The first-order valence-corrected chi connectivity index (χ1v) is 10.2.